The summed E-state index contributed by atoms with van der Waals surface area (Å²) in [4.78, 5) is 31.8. The molecule has 0 aromatic heterocycles. The minimum Gasteiger partial charge on any atom is -0.374 e. The predicted octanol–water partition coefficient (Wildman–Crippen LogP) is 3.54. The van der Waals surface area contributed by atoms with Crippen LogP contribution >= 0.6 is 23.2 Å². The number of amides is 2. The molecule has 2 fully saturated rings. The molecule has 39 heavy (non-hydrogen) atoms. The maximum absolute atomic E-state index is 14.3. The van der Waals surface area contributed by atoms with E-state index in [2.05, 4.69) is 10.5 Å². The molecular weight excluding hydrogens is 589 g/mol. The molecule has 1 spiro atoms. The van der Waals surface area contributed by atoms with Crippen LogP contribution in [0, 0.1) is 11.7 Å². The van der Waals surface area contributed by atoms with E-state index in [1.807, 2.05) is 0 Å². The molecule has 2 aromatic rings. The maximum atomic E-state index is 14.3. The molecule has 0 saturated carbocycles. The highest BCUT2D eigenvalue weighted by molar-refractivity contribution is 7.92. The van der Waals surface area contributed by atoms with Gasteiger partial charge in [-0.3, -0.25) is 9.59 Å². The van der Waals surface area contributed by atoms with Gasteiger partial charge in [-0.25, -0.2) is 12.8 Å². The highest BCUT2D eigenvalue weighted by Gasteiger charge is 2.63. The van der Waals surface area contributed by atoms with Crippen LogP contribution in [0.15, 0.2) is 35.5 Å². The van der Waals surface area contributed by atoms with E-state index in [-0.39, 0.29) is 47.3 Å². The van der Waals surface area contributed by atoms with E-state index < -0.39 is 66.8 Å². The Morgan fingerprint density at radius 3 is 2.36 bits per heavy atom. The molecule has 2 aromatic carbocycles. The zero-order valence-corrected chi connectivity index (χ0v) is 21.9. The van der Waals surface area contributed by atoms with Crippen LogP contribution < -0.4 is 5.32 Å². The van der Waals surface area contributed by atoms with Gasteiger partial charge in [-0.05, 0) is 23.8 Å². The lowest BCUT2D eigenvalue weighted by molar-refractivity contribution is -0.275. The zero-order chi connectivity index (χ0) is 28.1. The van der Waals surface area contributed by atoms with E-state index in [9.17, 15) is 35.6 Å². The molecule has 6 rings (SSSR count). The van der Waals surface area contributed by atoms with Crippen LogP contribution in [-0.4, -0.2) is 61.6 Å². The van der Waals surface area contributed by atoms with Crippen LogP contribution in [0.4, 0.5) is 17.6 Å². The first-order chi connectivity index (χ1) is 18.1. The second kappa shape index (κ2) is 8.31. The largest absolute Gasteiger partial charge is 0.435 e. The quantitative estimate of drug-likeness (QED) is 0.426. The fraction of sp³-hybridized carbons (Fsp3) is 0.375. The highest BCUT2D eigenvalue weighted by Crippen LogP contribution is 2.50. The summed E-state index contributed by atoms with van der Waals surface area (Å²) in [5.74, 6) is -2.80. The molecule has 0 bridgehead atoms. The van der Waals surface area contributed by atoms with Gasteiger partial charge in [-0.1, -0.05) is 40.5 Å². The van der Waals surface area contributed by atoms with Gasteiger partial charge in [0.15, 0.2) is 15.7 Å². The van der Waals surface area contributed by atoms with E-state index in [0.29, 0.717) is 5.56 Å². The Morgan fingerprint density at radius 1 is 1.13 bits per heavy atom. The Bertz CT molecular complexity index is 1570. The Hall–Kier alpha value is -2.90. The SMILES string of the molecule is O=C1NC2(CN(C(=O)C3CS(=O)(=O)C3)C2)c2ccc(C3=NOC(c4cc(Cl)c(F)c(Cl)c4)(C(F)(F)F)C3)cc21. The first-order valence-electron chi connectivity index (χ1n) is 11.6. The fourth-order valence-corrected chi connectivity index (χ4v) is 7.40. The third kappa shape index (κ3) is 3.92. The van der Waals surface area contributed by atoms with E-state index in [0.717, 1.165) is 12.1 Å². The summed E-state index contributed by atoms with van der Waals surface area (Å²) in [5.41, 5.74) is -3.48. The molecule has 206 valence electrons. The maximum Gasteiger partial charge on any atom is 0.435 e. The molecular formula is C24H17Cl2F4N3O5S. The van der Waals surface area contributed by atoms with Gasteiger partial charge >= 0.3 is 6.18 Å². The molecule has 0 aliphatic carbocycles. The number of hydrogen-bond acceptors (Lipinski definition) is 6. The number of fused-ring (bicyclic) bond motifs is 2. The molecule has 1 unspecified atom stereocenters. The van der Waals surface area contributed by atoms with Gasteiger partial charge in [0.05, 0.1) is 33.2 Å². The topological polar surface area (TPSA) is 105 Å². The minimum absolute atomic E-state index is 0.1000. The number of likely N-dealkylation sites (tertiary alicyclic amines) is 1. The van der Waals surface area contributed by atoms with E-state index in [4.69, 9.17) is 28.0 Å². The number of nitrogens with zero attached hydrogens (tertiary/aromatic N) is 2. The smallest absolute Gasteiger partial charge is 0.374 e. The number of rotatable bonds is 3. The van der Waals surface area contributed by atoms with Crippen molar-refractivity contribution >= 4 is 50.6 Å². The van der Waals surface area contributed by atoms with Crippen molar-refractivity contribution in [1.82, 2.24) is 10.2 Å². The molecule has 4 aliphatic heterocycles. The van der Waals surface area contributed by atoms with Crippen LogP contribution in [0.3, 0.4) is 0 Å². The summed E-state index contributed by atoms with van der Waals surface area (Å²) >= 11 is 11.5. The number of carbonyl (C=O) groups is 2. The number of carbonyl (C=O) groups excluding carboxylic acids is 2. The normalized spacial score (nSPS) is 24.9. The van der Waals surface area contributed by atoms with Gasteiger partial charge in [-0.2, -0.15) is 13.2 Å². The standard InChI is InChI=1S/C24H17Cl2F4N3O5S/c25-16-4-13(5-17(26)19(16)27)23(24(28,29)30)6-18(32-38-23)11-1-2-15-14(3-11)20(34)31-22(15)9-33(10-22)21(35)12-7-39(36,37)8-12/h1-5,12H,6-10H2,(H,31,34). The Morgan fingerprint density at radius 2 is 1.77 bits per heavy atom. The summed E-state index contributed by atoms with van der Waals surface area (Å²) in [6, 6.07) is 6.07. The predicted molar refractivity (Wildman–Crippen MR) is 131 cm³/mol. The van der Waals surface area contributed by atoms with Gasteiger partial charge in [0, 0.05) is 36.2 Å². The zero-order valence-electron chi connectivity index (χ0n) is 19.6. The molecule has 2 saturated heterocycles. The summed E-state index contributed by atoms with van der Waals surface area (Å²) < 4.78 is 79.6. The number of halogens is 6. The van der Waals surface area contributed by atoms with Crippen molar-refractivity contribution in [2.45, 2.75) is 23.7 Å². The summed E-state index contributed by atoms with van der Waals surface area (Å²) in [6.07, 6.45) is -5.77. The third-order valence-corrected chi connectivity index (χ3v) is 9.97. The summed E-state index contributed by atoms with van der Waals surface area (Å²) in [6.45, 7) is 0.293. The van der Waals surface area contributed by atoms with Crippen LogP contribution in [-0.2, 0) is 30.6 Å². The number of hydrogen-bond donors (Lipinski definition) is 1. The average molecular weight is 606 g/mol. The molecule has 1 N–H and O–H groups in total. The van der Waals surface area contributed by atoms with Crippen LogP contribution in [0.2, 0.25) is 10.0 Å². The van der Waals surface area contributed by atoms with Gasteiger partial charge in [-0.15, -0.1) is 0 Å². The lowest BCUT2D eigenvalue weighted by Gasteiger charge is -2.49. The van der Waals surface area contributed by atoms with Crippen molar-refractivity contribution in [2.24, 2.45) is 11.1 Å². The molecule has 15 heteroatoms. The van der Waals surface area contributed by atoms with Crippen molar-refractivity contribution in [3.63, 3.8) is 0 Å². The molecule has 2 amide bonds. The van der Waals surface area contributed by atoms with Gasteiger partial charge in [0.1, 0.15) is 5.54 Å². The Kier molecular flexibility index (Phi) is 5.61. The van der Waals surface area contributed by atoms with Crippen molar-refractivity contribution in [3.8, 4) is 0 Å². The van der Waals surface area contributed by atoms with Gasteiger partial charge in [0.25, 0.3) is 11.5 Å². The molecule has 8 nitrogen and oxygen atoms in total. The summed E-state index contributed by atoms with van der Waals surface area (Å²) in [5, 5.41) is 5.30. The van der Waals surface area contributed by atoms with E-state index in [1.54, 1.807) is 6.07 Å². The lowest BCUT2D eigenvalue weighted by Crippen LogP contribution is -2.68. The number of sulfone groups is 1. The molecule has 1 atom stereocenters. The van der Waals surface area contributed by atoms with Crippen molar-refractivity contribution in [1.29, 1.82) is 0 Å². The van der Waals surface area contributed by atoms with E-state index in [1.165, 1.54) is 17.0 Å². The molecule has 0 radical (unpaired) electrons. The Labute approximate surface area is 228 Å². The average Bonchev–Trinajstić information content (AvgIpc) is 3.40. The van der Waals surface area contributed by atoms with Gasteiger partial charge in [0.2, 0.25) is 5.91 Å². The van der Waals surface area contributed by atoms with Crippen LogP contribution in [0.25, 0.3) is 0 Å². The fourth-order valence-electron chi connectivity index (χ4n) is 5.50. The monoisotopic (exact) mass is 605 g/mol. The second-order valence-corrected chi connectivity index (χ2v) is 13.1. The number of nitrogens with one attached hydrogen (secondary N) is 1. The highest BCUT2D eigenvalue weighted by atomic mass is 35.5. The number of benzene rings is 2. The minimum atomic E-state index is -4.98. The van der Waals surface area contributed by atoms with Gasteiger partial charge < -0.3 is 15.1 Å². The first-order valence-corrected chi connectivity index (χ1v) is 14.2. The lowest BCUT2D eigenvalue weighted by atomic mass is 9.81. The summed E-state index contributed by atoms with van der Waals surface area (Å²) in [7, 11) is -3.17. The van der Waals surface area contributed by atoms with Crippen LogP contribution in [0.1, 0.15) is 33.5 Å². The first kappa shape index (κ1) is 26.3. The number of oxime groups is 1. The van der Waals surface area contributed by atoms with Crippen LogP contribution in [0.5, 0.6) is 0 Å². The second-order valence-electron chi connectivity index (χ2n) is 10.1. The Balaban J connectivity index is 1.25. The van der Waals surface area contributed by atoms with Crippen molar-refractivity contribution in [2.75, 3.05) is 24.6 Å². The number of alkyl halides is 3. The third-order valence-electron chi connectivity index (χ3n) is 7.59. The van der Waals surface area contributed by atoms with Crippen molar-refractivity contribution in [3.05, 3.63) is 68.4 Å². The molecule has 4 aliphatic rings. The molecule has 4 heterocycles. The van der Waals surface area contributed by atoms with E-state index >= 15 is 0 Å². The van der Waals surface area contributed by atoms with Crippen molar-refractivity contribution < 1.29 is 40.4 Å².